The Morgan fingerprint density at radius 3 is 2.54 bits per heavy atom. The SMILES string of the molecule is CC[C@@H](c1nnc(SC[C@@H](C)C#N)n1Cc1ccccc1)N(C)C. The number of hydrogen-bond donors (Lipinski definition) is 0. The molecular formula is C18H25N5S. The van der Waals surface area contributed by atoms with E-state index in [1.54, 1.807) is 11.8 Å². The maximum atomic E-state index is 9.01. The molecule has 2 atom stereocenters. The minimum absolute atomic E-state index is 0.00357. The number of rotatable bonds is 8. The first-order valence-corrected chi connectivity index (χ1v) is 9.21. The molecule has 0 amide bonds. The minimum atomic E-state index is -0.00357. The van der Waals surface area contributed by atoms with Crippen LogP contribution in [-0.2, 0) is 6.54 Å². The lowest BCUT2D eigenvalue weighted by molar-refractivity contribution is 0.272. The van der Waals surface area contributed by atoms with E-state index in [9.17, 15) is 0 Å². The number of nitrogens with zero attached hydrogens (tertiary/aromatic N) is 5. The molecule has 0 aliphatic heterocycles. The Balaban J connectivity index is 2.33. The van der Waals surface area contributed by atoms with Crippen LogP contribution in [0, 0.1) is 17.2 Å². The third-order valence-corrected chi connectivity index (χ3v) is 5.15. The van der Waals surface area contributed by atoms with Crippen molar-refractivity contribution >= 4 is 11.8 Å². The zero-order valence-corrected chi connectivity index (χ0v) is 15.6. The van der Waals surface area contributed by atoms with Crippen molar-refractivity contribution in [3.63, 3.8) is 0 Å². The highest BCUT2D eigenvalue weighted by atomic mass is 32.2. The first-order chi connectivity index (χ1) is 11.6. The van der Waals surface area contributed by atoms with E-state index < -0.39 is 0 Å². The molecule has 0 aliphatic rings. The zero-order valence-electron chi connectivity index (χ0n) is 14.8. The van der Waals surface area contributed by atoms with Gasteiger partial charge in [-0.1, -0.05) is 49.0 Å². The Bertz CT molecular complexity index is 674. The number of nitriles is 1. The highest BCUT2D eigenvalue weighted by Gasteiger charge is 2.22. The Kier molecular flexibility index (Phi) is 6.83. The fourth-order valence-corrected chi connectivity index (χ4v) is 3.47. The van der Waals surface area contributed by atoms with Crippen LogP contribution < -0.4 is 0 Å². The third-order valence-electron chi connectivity index (χ3n) is 3.92. The predicted octanol–water partition coefficient (Wildman–Crippen LogP) is 3.59. The molecular weight excluding hydrogens is 318 g/mol. The van der Waals surface area contributed by atoms with Crippen LogP contribution in [0.4, 0.5) is 0 Å². The smallest absolute Gasteiger partial charge is 0.191 e. The molecule has 0 fully saturated rings. The van der Waals surface area contributed by atoms with E-state index in [4.69, 9.17) is 5.26 Å². The normalized spacial score (nSPS) is 13.7. The monoisotopic (exact) mass is 343 g/mol. The molecule has 24 heavy (non-hydrogen) atoms. The summed E-state index contributed by atoms with van der Waals surface area (Å²) in [7, 11) is 4.14. The van der Waals surface area contributed by atoms with Crippen LogP contribution in [-0.4, -0.2) is 39.5 Å². The van der Waals surface area contributed by atoms with E-state index in [0.717, 1.165) is 29.7 Å². The van der Waals surface area contributed by atoms with Crippen LogP contribution >= 0.6 is 11.8 Å². The van der Waals surface area contributed by atoms with E-state index in [1.165, 1.54) is 5.56 Å². The van der Waals surface area contributed by atoms with Crippen LogP contribution in [0.25, 0.3) is 0 Å². The third kappa shape index (κ3) is 4.59. The van der Waals surface area contributed by atoms with Gasteiger partial charge in [-0.25, -0.2) is 0 Å². The molecule has 1 aromatic heterocycles. The van der Waals surface area contributed by atoms with Gasteiger partial charge in [0.25, 0.3) is 0 Å². The molecule has 0 saturated carbocycles. The summed E-state index contributed by atoms with van der Waals surface area (Å²) in [6.45, 7) is 4.84. The molecule has 6 heteroatoms. The largest absolute Gasteiger partial charge is 0.300 e. The molecule has 1 heterocycles. The fraction of sp³-hybridized carbons (Fsp3) is 0.500. The molecule has 128 valence electrons. The van der Waals surface area contributed by atoms with Gasteiger partial charge in [0.2, 0.25) is 0 Å². The van der Waals surface area contributed by atoms with Crippen molar-refractivity contribution in [3.8, 4) is 6.07 Å². The van der Waals surface area contributed by atoms with E-state index in [1.807, 2.05) is 25.1 Å². The maximum Gasteiger partial charge on any atom is 0.191 e. The van der Waals surface area contributed by atoms with E-state index >= 15 is 0 Å². The lowest BCUT2D eigenvalue weighted by atomic mass is 10.2. The Labute approximate surface area is 148 Å². The summed E-state index contributed by atoms with van der Waals surface area (Å²) in [4.78, 5) is 2.18. The Morgan fingerprint density at radius 2 is 1.96 bits per heavy atom. The first kappa shape index (κ1) is 18.5. The average Bonchev–Trinajstić information content (AvgIpc) is 2.96. The van der Waals surface area contributed by atoms with E-state index in [2.05, 4.69) is 58.9 Å². The molecule has 2 aromatic rings. The number of aromatic nitrogens is 3. The summed E-state index contributed by atoms with van der Waals surface area (Å²) < 4.78 is 2.19. The van der Waals surface area contributed by atoms with Crippen molar-refractivity contribution in [1.29, 1.82) is 5.26 Å². The second kappa shape index (κ2) is 8.86. The lowest BCUT2D eigenvalue weighted by Crippen LogP contribution is -2.23. The molecule has 5 nitrogen and oxygen atoms in total. The van der Waals surface area contributed by atoms with Gasteiger partial charge in [-0.2, -0.15) is 5.26 Å². The van der Waals surface area contributed by atoms with Crippen molar-refractivity contribution in [2.24, 2.45) is 5.92 Å². The van der Waals surface area contributed by atoms with Gasteiger partial charge in [0.15, 0.2) is 11.0 Å². The molecule has 0 spiro atoms. The molecule has 0 N–H and O–H groups in total. The summed E-state index contributed by atoms with van der Waals surface area (Å²) in [5, 5.41) is 18.8. The predicted molar refractivity (Wildman–Crippen MR) is 97.8 cm³/mol. The standard InChI is InChI=1S/C18H25N5S/c1-5-16(22(3)4)17-20-21-18(24-13-14(2)11-19)23(17)12-15-9-7-6-8-10-15/h6-10,14,16H,5,12-13H2,1-4H3/t14-,16-/m0/s1. The minimum Gasteiger partial charge on any atom is -0.300 e. The number of hydrogen-bond acceptors (Lipinski definition) is 5. The Hall–Kier alpha value is -1.84. The highest BCUT2D eigenvalue weighted by molar-refractivity contribution is 7.99. The van der Waals surface area contributed by atoms with Gasteiger partial charge in [-0.15, -0.1) is 10.2 Å². The summed E-state index contributed by atoms with van der Waals surface area (Å²) in [6.07, 6.45) is 0.971. The van der Waals surface area contributed by atoms with Crippen LogP contribution in [0.15, 0.2) is 35.5 Å². The number of thioether (sulfide) groups is 1. The van der Waals surface area contributed by atoms with Crippen LogP contribution in [0.5, 0.6) is 0 Å². The molecule has 2 rings (SSSR count). The average molecular weight is 344 g/mol. The summed E-state index contributed by atoms with van der Waals surface area (Å²) in [6, 6.07) is 12.9. The van der Waals surface area contributed by atoms with E-state index in [-0.39, 0.29) is 12.0 Å². The van der Waals surface area contributed by atoms with Gasteiger partial charge in [-0.3, -0.25) is 4.90 Å². The van der Waals surface area contributed by atoms with Crippen LogP contribution in [0.3, 0.4) is 0 Å². The van der Waals surface area contributed by atoms with Crippen molar-refractivity contribution in [1.82, 2.24) is 19.7 Å². The maximum absolute atomic E-state index is 9.01. The zero-order chi connectivity index (χ0) is 17.5. The molecule has 1 aromatic carbocycles. The first-order valence-electron chi connectivity index (χ1n) is 8.22. The second-order valence-electron chi connectivity index (χ2n) is 6.14. The van der Waals surface area contributed by atoms with Crippen LogP contribution in [0.1, 0.15) is 37.7 Å². The van der Waals surface area contributed by atoms with Gasteiger partial charge in [0.05, 0.1) is 24.6 Å². The number of benzene rings is 1. The molecule has 0 unspecified atom stereocenters. The highest BCUT2D eigenvalue weighted by Crippen LogP contribution is 2.27. The summed E-state index contributed by atoms with van der Waals surface area (Å²) >= 11 is 1.61. The van der Waals surface area contributed by atoms with Gasteiger partial charge in [0.1, 0.15) is 0 Å². The van der Waals surface area contributed by atoms with Crippen LogP contribution in [0.2, 0.25) is 0 Å². The molecule has 0 radical (unpaired) electrons. The molecule has 0 aliphatic carbocycles. The molecule has 0 bridgehead atoms. The van der Waals surface area contributed by atoms with Crippen molar-refractivity contribution in [2.75, 3.05) is 19.8 Å². The summed E-state index contributed by atoms with van der Waals surface area (Å²) in [5.41, 5.74) is 1.22. The van der Waals surface area contributed by atoms with Gasteiger partial charge >= 0.3 is 0 Å². The van der Waals surface area contributed by atoms with E-state index in [0.29, 0.717) is 0 Å². The lowest BCUT2D eigenvalue weighted by Gasteiger charge is -2.23. The van der Waals surface area contributed by atoms with Gasteiger partial charge < -0.3 is 4.57 Å². The van der Waals surface area contributed by atoms with Gasteiger partial charge in [0, 0.05) is 5.75 Å². The molecule has 0 saturated heterocycles. The Morgan fingerprint density at radius 1 is 1.25 bits per heavy atom. The fourth-order valence-electron chi connectivity index (χ4n) is 2.58. The van der Waals surface area contributed by atoms with Gasteiger partial charge in [-0.05, 0) is 33.0 Å². The van der Waals surface area contributed by atoms with Crippen molar-refractivity contribution in [2.45, 2.75) is 38.0 Å². The van der Waals surface area contributed by atoms with Crippen molar-refractivity contribution < 1.29 is 0 Å². The second-order valence-corrected chi connectivity index (χ2v) is 7.13. The quantitative estimate of drug-likeness (QED) is 0.686. The van der Waals surface area contributed by atoms with Crippen molar-refractivity contribution in [3.05, 3.63) is 41.7 Å². The topological polar surface area (TPSA) is 57.7 Å². The summed E-state index contributed by atoms with van der Waals surface area (Å²) in [5.74, 6) is 1.71.